The predicted octanol–water partition coefficient (Wildman–Crippen LogP) is 7.04. The minimum absolute atomic E-state index is 0.0279. The molecule has 1 saturated carbocycles. The van der Waals surface area contributed by atoms with Gasteiger partial charge in [0.05, 0.1) is 23.4 Å². The number of hydrogen-bond donors (Lipinski definition) is 1. The summed E-state index contributed by atoms with van der Waals surface area (Å²) < 4.78 is 85.0. The first-order valence-corrected chi connectivity index (χ1v) is 17.5. The molecule has 1 N–H and O–H groups in total. The molecule has 3 fully saturated rings. The fourth-order valence-electron chi connectivity index (χ4n) is 8.52. The molecule has 17 heteroatoms. The number of nitrogens with zero attached hydrogens (tertiary/aromatic N) is 3. The molecule has 0 unspecified atom stereocenters. The van der Waals surface area contributed by atoms with Crippen molar-refractivity contribution < 1.29 is 55.1 Å². The van der Waals surface area contributed by atoms with Crippen LogP contribution >= 0.6 is 23.2 Å². The Morgan fingerprint density at radius 3 is 2.11 bits per heavy atom. The van der Waals surface area contributed by atoms with Crippen molar-refractivity contribution in [1.82, 2.24) is 4.98 Å². The number of aromatic nitrogens is 1. The summed E-state index contributed by atoms with van der Waals surface area (Å²) in [5.74, 6) is -21.7. The second-order valence-electron chi connectivity index (χ2n) is 13.7. The fraction of sp³-hybridized carbons (Fsp3) is 0.237. The number of hydrogen-bond acceptors (Lipinski definition) is 8. The Morgan fingerprint density at radius 1 is 0.782 bits per heavy atom. The van der Waals surface area contributed by atoms with Gasteiger partial charge in [0, 0.05) is 5.56 Å². The molecule has 0 radical (unpaired) electrons. The van der Waals surface area contributed by atoms with E-state index in [1.807, 2.05) is 0 Å². The molecule has 3 aromatic carbocycles. The maximum absolute atomic E-state index is 15.2. The van der Waals surface area contributed by atoms with Crippen molar-refractivity contribution in [2.75, 3.05) is 9.80 Å². The summed E-state index contributed by atoms with van der Waals surface area (Å²) in [6, 6.07) is 16.0. The number of rotatable bonds is 5. The fourth-order valence-corrected chi connectivity index (χ4v) is 9.43. The smallest absolute Gasteiger partial charge is 0.258 e. The molecule has 0 bridgehead atoms. The van der Waals surface area contributed by atoms with Gasteiger partial charge in [0.1, 0.15) is 29.3 Å². The van der Waals surface area contributed by atoms with Crippen LogP contribution in [0.5, 0.6) is 0 Å². The number of anilines is 2. The van der Waals surface area contributed by atoms with Crippen LogP contribution in [0.25, 0.3) is 22.6 Å². The first-order valence-electron chi connectivity index (χ1n) is 16.7. The standard InChI is InChI=1S/C38H22Cl2F5N3O7/c39-37-13-20-18(10-11-19-24(20)34(51)47(33(19)50)16-7-5-15(6-8-16)32-46-21-3-1-2-4-22(21)55-32)25(23-12-9-17(14-49)54-23)38(37,40)36(53)48(35(37)52)31-29(44)27(42)26(41)28(43)30(31)45/h1-10,12,19-20,24-25,49H,11,13-14H2/t19-,20+,24-,25+,37+,38-/m0/s1. The van der Waals surface area contributed by atoms with Gasteiger partial charge in [0.15, 0.2) is 38.6 Å². The van der Waals surface area contributed by atoms with E-state index in [0.717, 1.165) is 4.90 Å². The van der Waals surface area contributed by atoms with Gasteiger partial charge in [0.2, 0.25) is 23.5 Å². The van der Waals surface area contributed by atoms with Crippen molar-refractivity contribution in [1.29, 1.82) is 0 Å². The van der Waals surface area contributed by atoms with Crippen LogP contribution in [-0.4, -0.2) is 43.5 Å². The maximum atomic E-state index is 15.2. The molecule has 4 heterocycles. The molecule has 55 heavy (non-hydrogen) atoms. The Labute approximate surface area is 315 Å². The van der Waals surface area contributed by atoms with Crippen LogP contribution in [0.3, 0.4) is 0 Å². The number of aliphatic hydroxyl groups excluding tert-OH is 1. The summed E-state index contributed by atoms with van der Waals surface area (Å²) in [6.45, 7) is -0.627. The van der Waals surface area contributed by atoms with Crippen LogP contribution in [0.2, 0.25) is 0 Å². The zero-order chi connectivity index (χ0) is 38.9. The number of benzene rings is 3. The van der Waals surface area contributed by atoms with E-state index in [1.54, 1.807) is 42.5 Å². The Morgan fingerprint density at radius 2 is 1.45 bits per heavy atom. The first-order chi connectivity index (χ1) is 26.2. The third-order valence-electron chi connectivity index (χ3n) is 11.0. The number of oxazole rings is 1. The van der Waals surface area contributed by atoms with Crippen molar-refractivity contribution in [2.24, 2.45) is 17.8 Å². The largest absolute Gasteiger partial charge is 0.463 e. The van der Waals surface area contributed by atoms with Gasteiger partial charge < -0.3 is 13.9 Å². The van der Waals surface area contributed by atoms with E-state index in [0.29, 0.717) is 22.6 Å². The normalized spacial score (nSPS) is 27.5. The van der Waals surface area contributed by atoms with Crippen molar-refractivity contribution in [2.45, 2.75) is 35.1 Å². The molecule has 6 atom stereocenters. The molecule has 4 amide bonds. The number of imide groups is 2. The highest BCUT2D eigenvalue weighted by Gasteiger charge is 2.77. The van der Waals surface area contributed by atoms with E-state index in [4.69, 9.17) is 32.0 Å². The third-order valence-corrected chi connectivity index (χ3v) is 12.4. The number of fused-ring (bicyclic) bond motifs is 5. The number of carbonyl (C=O) groups excluding carboxylic acids is 4. The van der Waals surface area contributed by atoms with Crippen LogP contribution in [0.1, 0.15) is 30.3 Å². The van der Waals surface area contributed by atoms with Gasteiger partial charge >= 0.3 is 0 Å². The quantitative estimate of drug-likeness (QED) is 0.0500. The molecule has 2 aromatic heterocycles. The second kappa shape index (κ2) is 12.1. The Hall–Kier alpha value is -5.38. The van der Waals surface area contributed by atoms with Gasteiger partial charge in [-0.2, -0.15) is 0 Å². The number of carbonyl (C=O) groups is 4. The highest BCUT2D eigenvalue weighted by atomic mass is 35.5. The van der Waals surface area contributed by atoms with Crippen LogP contribution in [-0.2, 0) is 25.8 Å². The van der Waals surface area contributed by atoms with E-state index in [1.165, 1.54) is 24.3 Å². The molecule has 9 rings (SSSR count). The highest BCUT2D eigenvalue weighted by Crippen LogP contribution is 2.66. The Bertz CT molecular complexity index is 2510. The number of alkyl halides is 2. The molecule has 5 aromatic rings. The zero-order valence-corrected chi connectivity index (χ0v) is 29.2. The van der Waals surface area contributed by atoms with E-state index in [2.05, 4.69) is 4.98 Å². The molecule has 2 aliphatic carbocycles. The van der Waals surface area contributed by atoms with Crippen LogP contribution < -0.4 is 9.80 Å². The van der Waals surface area contributed by atoms with Gasteiger partial charge in [0.25, 0.3) is 11.8 Å². The van der Waals surface area contributed by atoms with E-state index >= 15 is 8.78 Å². The monoisotopic (exact) mass is 797 g/mol. The summed E-state index contributed by atoms with van der Waals surface area (Å²) in [4.78, 5) is 56.8. The predicted molar refractivity (Wildman–Crippen MR) is 183 cm³/mol. The average Bonchev–Trinajstić information content (AvgIpc) is 3.93. The SMILES string of the molecule is O=C1[C@H]2[C@H](CC=C3[C@H]2C[C@@]2(Cl)C(=O)N(c4c(F)c(F)c(F)c(F)c4F)C(=O)[C@@]2(Cl)[C@H]3c2ccc(CO)o2)C(=O)N1c1ccc(-c2nc3ccccc3o2)cc1. The lowest BCUT2D eigenvalue weighted by Crippen LogP contribution is -2.60. The molecule has 2 aliphatic heterocycles. The molecular formula is C38H22Cl2F5N3O7. The Kier molecular flexibility index (Phi) is 7.75. The summed E-state index contributed by atoms with van der Waals surface area (Å²) in [6.07, 6.45) is 0.811. The van der Waals surface area contributed by atoms with E-state index < -0.39 is 105 Å². The van der Waals surface area contributed by atoms with Crippen molar-refractivity contribution >= 4 is 69.3 Å². The average molecular weight is 799 g/mol. The summed E-state index contributed by atoms with van der Waals surface area (Å²) >= 11 is 14.2. The molecule has 10 nitrogen and oxygen atoms in total. The first kappa shape index (κ1) is 35.3. The Balaban J connectivity index is 1.13. The number of para-hydroxylation sites is 2. The van der Waals surface area contributed by atoms with Gasteiger partial charge in [-0.25, -0.2) is 31.8 Å². The van der Waals surface area contributed by atoms with Gasteiger partial charge in [-0.3, -0.25) is 24.1 Å². The van der Waals surface area contributed by atoms with E-state index in [9.17, 15) is 37.5 Å². The number of aliphatic hydroxyl groups is 1. The number of allylic oxidation sites excluding steroid dienone is 2. The minimum atomic E-state index is -2.74. The molecule has 2 saturated heterocycles. The maximum Gasteiger partial charge on any atom is 0.258 e. The van der Waals surface area contributed by atoms with Crippen molar-refractivity contribution in [3.63, 3.8) is 0 Å². The number of furan rings is 1. The molecule has 0 spiro atoms. The lowest BCUT2D eigenvalue weighted by molar-refractivity contribution is -0.125. The van der Waals surface area contributed by atoms with Crippen LogP contribution in [0.4, 0.5) is 33.3 Å². The second-order valence-corrected chi connectivity index (χ2v) is 14.9. The minimum Gasteiger partial charge on any atom is -0.463 e. The number of halogens is 7. The third kappa shape index (κ3) is 4.60. The summed E-state index contributed by atoms with van der Waals surface area (Å²) in [5.41, 5.74) is 0.269. The summed E-state index contributed by atoms with van der Waals surface area (Å²) in [5, 5.41) is 9.77. The van der Waals surface area contributed by atoms with Crippen LogP contribution in [0.15, 0.2) is 81.1 Å². The zero-order valence-electron chi connectivity index (χ0n) is 27.7. The molecule has 280 valence electrons. The highest BCUT2D eigenvalue weighted by molar-refractivity contribution is 6.58. The van der Waals surface area contributed by atoms with Crippen molar-refractivity contribution in [3.05, 3.63) is 113 Å². The van der Waals surface area contributed by atoms with Gasteiger partial charge in [-0.1, -0.05) is 23.8 Å². The van der Waals surface area contributed by atoms with Crippen molar-refractivity contribution in [3.8, 4) is 11.5 Å². The van der Waals surface area contributed by atoms with Crippen LogP contribution in [0, 0.1) is 46.8 Å². The van der Waals surface area contributed by atoms with Gasteiger partial charge in [-0.05, 0) is 67.3 Å². The lowest BCUT2D eigenvalue weighted by Gasteiger charge is -2.49. The molecular weight excluding hydrogens is 776 g/mol. The van der Waals surface area contributed by atoms with E-state index in [-0.39, 0.29) is 34.1 Å². The summed E-state index contributed by atoms with van der Waals surface area (Å²) in [7, 11) is 0. The van der Waals surface area contributed by atoms with Gasteiger partial charge in [-0.15, -0.1) is 23.2 Å². The number of amides is 4. The molecule has 4 aliphatic rings. The topological polar surface area (TPSA) is 134 Å². The lowest BCUT2D eigenvalue weighted by atomic mass is 9.57.